The van der Waals surface area contributed by atoms with Gasteiger partial charge in [0.1, 0.15) is 0 Å². The third-order valence-corrected chi connectivity index (χ3v) is 8.65. The summed E-state index contributed by atoms with van der Waals surface area (Å²) in [5.41, 5.74) is 9.89. The number of rotatable bonds is 0. The molecule has 0 aromatic heterocycles. The summed E-state index contributed by atoms with van der Waals surface area (Å²) in [7, 11) is 0. The average Bonchev–Trinajstić information content (AvgIpc) is 3.08. The Kier molecular flexibility index (Phi) is 1.96. The van der Waals surface area contributed by atoms with Crippen molar-refractivity contribution < 1.29 is 0 Å². The molecule has 0 aliphatic heterocycles. The Morgan fingerprint density at radius 1 is 0.692 bits per heavy atom. The van der Waals surface area contributed by atoms with Crippen molar-refractivity contribution in [2.45, 2.75) is 26.7 Å². The second kappa shape index (κ2) is 3.69. The second-order valence-corrected chi connectivity index (χ2v) is 9.57. The molecule has 1 fully saturated rings. The van der Waals surface area contributed by atoms with E-state index in [4.69, 9.17) is 0 Å². The molecule has 7 aliphatic carbocycles. The average molecular weight is 334 g/mol. The molecule has 0 nitrogen and oxygen atoms in total. The van der Waals surface area contributed by atoms with Gasteiger partial charge in [-0.2, -0.15) is 0 Å². The molecule has 1 saturated carbocycles. The van der Waals surface area contributed by atoms with E-state index in [1.165, 1.54) is 24.0 Å². The minimum atomic E-state index is 0.126. The molecular weight excluding hydrogens is 312 g/mol. The third-order valence-electron chi connectivity index (χ3n) is 8.65. The summed E-state index contributed by atoms with van der Waals surface area (Å²) < 4.78 is 0. The molecule has 0 amide bonds. The molecule has 2 spiro atoms. The highest BCUT2D eigenvalue weighted by Crippen LogP contribution is 2.79. The lowest BCUT2D eigenvalue weighted by molar-refractivity contribution is 0.220. The van der Waals surface area contributed by atoms with Crippen molar-refractivity contribution in [2.24, 2.45) is 21.7 Å². The van der Waals surface area contributed by atoms with Crippen molar-refractivity contribution in [3.8, 4) is 0 Å². The summed E-state index contributed by atoms with van der Waals surface area (Å²) >= 11 is 0. The van der Waals surface area contributed by atoms with Crippen LogP contribution in [0, 0.1) is 21.7 Å². The maximum absolute atomic E-state index is 2.47. The summed E-state index contributed by atoms with van der Waals surface area (Å²) in [5, 5.41) is 0. The van der Waals surface area contributed by atoms with Gasteiger partial charge < -0.3 is 0 Å². The maximum atomic E-state index is 2.47. The van der Waals surface area contributed by atoms with Gasteiger partial charge in [-0.15, -0.1) is 0 Å². The molecule has 0 aromatic carbocycles. The van der Waals surface area contributed by atoms with Gasteiger partial charge >= 0.3 is 0 Å². The molecule has 4 atom stereocenters. The molecule has 26 heavy (non-hydrogen) atoms. The van der Waals surface area contributed by atoms with E-state index in [1.807, 2.05) is 0 Å². The molecule has 0 heteroatoms. The largest absolute Gasteiger partial charge is 0.0733 e. The standard InChI is InChI=1S/C26H22/c1-23-13-11-18-8-10-20-19-6-4-3-5-17-7-9-21-22(12-14-23)26(18,23)16-25(20,21)15-24(17,19)2/h3-14H,15-16H2,1-2H3. The number of hydrogen-bond acceptors (Lipinski definition) is 0. The fourth-order valence-corrected chi connectivity index (χ4v) is 7.47. The second-order valence-electron chi connectivity index (χ2n) is 9.57. The van der Waals surface area contributed by atoms with Gasteiger partial charge in [-0.3, -0.25) is 0 Å². The number of hydrogen-bond donors (Lipinski definition) is 0. The van der Waals surface area contributed by atoms with E-state index in [1.54, 1.807) is 22.3 Å². The van der Waals surface area contributed by atoms with Crippen LogP contribution < -0.4 is 0 Å². The smallest absolute Gasteiger partial charge is 0.0340 e. The summed E-state index contributed by atoms with van der Waals surface area (Å²) in [5.74, 6) is 0. The zero-order valence-electron chi connectivity index (χ0n) is 15.3. The fourth-order valence-electron chi connectivity index (χ4n) is 7.47. The summed E-state index contributed by atoms with van der Waals surface area (Å²) in [6.07, 6.45) is 31.2. The van der Waals surface area contributed by atoms with E-state index in [9.17, 15) is 0 Å². The van der Waals surface area contributed by atoms with Crippen molar-refractivity contribution in [2.75, 3.05) is 0 Å². The Morgan fingerprint density at radius 3 is 2.46 bits per heavy atom. The predicted octanol–water partition coefficient (Wildman–Crippen LogP) is 6.07. The quantitative estimate of drug-likeness (QED) is 0.504. The van der Waals surface area contributed by atoms with Crippen LogP contribution in [-0.4, -0.2) is 0 Å². The molecule has 0 N–H and O–H groups in total. The zero-order valence-corrected chi connectivity index (χ0v) is 15.3. The Labute approximate surface area is 155 Å². The Balaban J connectivity index is 1.67. The molecule has 4 unspecified atom stereocenters. The highest BCUT2D eigenvalue weighted by Gasteiger charge is 2.69. The van der Waals surface area contributed by atoms with E-state index in [0.717, 1.165) is 0 Å². The van der Waals surface area contributed by atoms with Gasteiger partial charge in [0.25, 0.3) is 0 Å². The molecule has 0 saturated heterocycles. The van der Waals surface area contributed by atoms with Crippen LogP contribution in [0.2, 0.25) is 0 Å². The summed E-state index contributed by atoms with van der Waals surface area (Å²) in [4.78, 5) is 0. The topological polar surface area (TPSA) is 0 Å². The van der Waals surface area contributed by atoms with Crippen molar-refractivity contribution in [3.05, 3.63) is 106 Å². The zero-order chi connectivity index (χ0) is 17.4. The van der Waals surface area contributed by atoms with Gasteiger partial charge in [0.15, 0.2) is 0 Å². The van der Waals surface area contributed by atoms with E-state index in [0.29, 0.717) is 0 Å². The van der Waals surface area contributed by atoms with Gasteiger partial charge in [-0.05, 0) is 46.3 Å². The van der Waals surface area contributed by atoms with Crippen molar-refractivity contribution >= 4 is 0 Å². The molecule has 7 aliphatic rings. The lowest BCUT2D eigenvalue weighted by atomic mass is 9.62. The van der Waals surface area contributed by atoms with Crippen LogP contribution in [0.25, 0.3) is 0 Å². The molecule has 7 rings (SSSR count). The van der Waals surface area contributed by atoms with Gasteiger partial charge in [0.2, 0.25) is 0 Å². The van der Waals surface area contributed by atoms with E-state index < -0.39 is 0 Å². The first-order valence-corrected chi connectivity index (χ1v) is 9.88. The van der Waals surface area contributed by atoms with Crippen LogP contribution in [0.15, 0.2) is 106 Å². The van der Waals surface area contributed by atoms with Crippen molar-refractivity contribution in [1.82, 2.24) is 0 Å². The monoisotopic (exact) mass is 334 g/mol. The molecule has 0 aromatic rings. The van der Waals surface area contributed by atoms with Crippen LogP contribution in [0.4, 0.5) is 0 Å². The van der Waals surface area contributed by atoms with E-state index >= 15 is 0 Å². The Morgan fingerprint density at radius 2 is 1.54 bits per heavy atom. The minimum Gasteiger partial charge on any atom is -0.0733 e. The van der Waals surface area contributed by atoms with E-state index in [2.05, 4.69) is 86.8 Å². The predicted molar refractivity (Wildman–Crippen MR) is 106 cm³/mol. The molecule has 0 heterocycles. The first-order chi connectivity index (χ1) is 12.5. The van der Waals surface area contributed by atoms with Crippen LogP contribution >= 0.6 is 0 Å². The fraction of sp³-hybridized carbons (Fsp3) is 0.308. The van der Waals surface area contributed by atoms with Crippen LogP contribution in [0.5, 0.6) is 0 Å². The summed E-state index contributed by atoms with van der Waals surface area (Å²) in [6, 6.07) is 0. The Bertz CT molecular complexity index is 1100. The first-order valence-electron chi connectivity index (χ1n) is 9.88. The van der Waals surface area contributed by atoms with E-state index in [-0.39, 0.29) is 21.7 Å². The molecule has 0 radical (unpaired) electrons. The minimum absolute atomic E-state index is 0.126. The maximum Gasteiger partial charge on any atom is 0.0340 e. The molecular formula is C26H22. The number of allylic oxidation sites excluding steroid dienone is 18. The summed E-state index contributed by atoms with van der Waals surface area (Å²) in [6.45, 7) is 4.91. The van der Waals surface area contributed by atoms with Gasteiger partial charge in [-0.1, -0.05) is 86.8 Å². The third kappa shape index (κ3) is 1.10. The van der Waals surface area contributed by atoms with Gasteiger partial charge in [0.05, 0.1) is 0 Å². The van der Waals surface area contributed by atoms with Crippen LogP contribution in [0.3, 0.4) is 0 Å². The van der Waals surface area contributed by atoms with Crippen molar-refractivity contribution in [3.63, 3.8) is 0 Å². The Hall–Kier alpha value is -2.34. The van der Waals surface area contributed by atoms with Crippen LogP contribution in [0.1, 0.15) is 26.7 Å². The van der Waals surface area contributed by atoms with Crippen LogP contribution in [-0.2, 0) is 0 Å². The normalized spacial score (nSPS) is 47.3. The number of fused-ring (bicyclic) bond motifs is 1. The molecule has 3 bridgehead atoms. The lowest BCUT2D eigenvalue weighted by Crippen LogP contribution is -2.34. The first kappa shape index (κ1) is 13.8. The lowest BCUT2D eigenvalue weighted by Gasteiger charge is -2.40. The highest BCUT2D eigenvalue weighted by atomic mass is 14.7. The van der Waals surface area contributed by atoms with Gasteiger partial charge in [0, 0.05) is 21.7 Å². The van der Waals surface area contributed by atoms with Crippen molar-refractivity contribution in [1.29, 1.82) is 0 Å². The SMILES string of the molecule is CC12CC34CC56C7=CC=C3C1=CC=CC=C2C=CC4=C5C=CC6(C)C=C7. The molecule has 126 valence electrons. The van der Waals surface area contributed by atoms with Gasteiger partial charge in [-0.25, -0.2) is 0 Å². The highest BCUT2D eigenvalue weighted by molar-refractivity contribution is 5.74.